The largest absolute Gasteiger partial charge is 0.463 e. The molecule has 0 aliphatic carbocycles. The molecule has 10 heteroatoms. The van der Waals surface area contributed by atoms with Gasteiger partial charge in [0.2, 0.25) is 0 Å². The molecule has 1 fully saturated rings. The van der Waals surface area contributed by atoms with Gasteiger partial charge < -0.3 is 14.2 Å². The molecule has 2 aromatic rings. The third-order valence-corrected chi connectivity index (χ3v) is 5.18. The molecule has 1 aromatic carbocycles. The Bertz CT molecular complexity index is 1000. The first kappa shape index (κ1) is 20.9. The Labute approximate surface area is 170 Å². The topological polar surface area (TPSA) is 117 Å². The summed E-state index contributed by atoms with van der Waals surface area (Å²) in [5.41, 5.74) is -1.15. The highest BCUT2D eigenvalue weighted by Gasteiger charge is 2.39. The second-order valence-electron chi connectivity index (χ2n) is 6.39. The summed E-state index contributed by atoms with van der Waals surface area (Å²) in [6.07, 6.45) is -0.618. The van der Waals surface area contributed by atoms with Crippen molar-refractivity contribution in [3.05, 3.63) is 57.4 Å². The minimum Gasteiger partial charge on any atom is -0.463 e. The zero-order valence-electron chi connectivity index (χ0n) is 15.8. The number of ether oxygens (including phenoxy) is 3. The summed E-state index contributed by atoms with van der Waals surface area (Å²) in [5, 5.41) is 0. The van der Waals surface area contributed by atoms with Crippen LogP contribution in [0.3, 0.4) is 0 Å². The van der Waals surface area contributed by atoms with Gasteiger partial charge in [-0.3, -0.25) is 23.9 Å². The third kappa shape index (κ3) is 5.36. The van der Waals surface area contributed by atoms with E-state index in [9.17, 15) is 19.2 Å². The summed E-state index contributed by atoms with van der Waals surface area (Å²) >= 11 is 1.21. The fraction of sp³-hybridized carbons (Fsp3) is 0.368. The molecule has 2 heterocycles. The number of aromatic nitrogens is 2. The van der Waals surface area contributed by atoms with Crippen molar-refractivity contribution in [1.82, 2.24) is 9.55 Å². The monoisotopic (exact) mass is 420 g/mol. The van der Waals surface area contributed by atoms with Crippen LogP contribution in [0.4, 0.5) is 0 Å². The third-order valence-electron chi connectivity index (χ3n) is 4.17. The molecule has 1 aromatic heterocycles. The van der Waals surface area contributed by atoms with Crippen molar-refractivity contribution in [2.75, 3.05) is 6.61 Å². The number of aromatic amines is 1. The number of benzene rings is 1. The molecule has 0 amide bonds. The van der Waals surface area contributed by atoms with Crippen LogP contribution in [-0.4, -0.2) is 40.3 Å². The van der Waals surface area contributed by atoms with E-state index in [1.807, 2.05) is 30.3 Å². The Morgan fingerprint density at radius 1 is 1.21 bits per heavy atom. The quantitative estimate of drug-likeness (QED) is 0.699. The molecule has 3 rings (SSSR count). The summed E-state index contributed by atoms with van der Waals surface area (Å²) < 4.78 is 17.3. The van der Waals surface area contributed by atoms with Gasteiger partial charge in [-0.2, -0.15) is 0 Å². The molecular formula is C19H20N2O7S. The minimum absolute atomic E-state index is 0.118. The number of hydrogen-bond donors (Lipinski definition) is 1. The predicted molar refractivity (Wildman–Crippen MR) is 103 cm³/mol. The van der Waals surface area contributed by atoms with Crippen LogP contribution >= 0.6 is 11.8 Å². The zero-order valence-corrected chi connectivity index (χ0v) is 16.6. The SMILES string of the molecule is CC(=O)OC[C@H]1O[C@@H](n2cc(Sc3ccccc3)c(=O)[nH]c2=O)C[C@@H]1OC(C)=O. The van der Waals surface area contributed by atoms with Gasteiger partial charge in [-0.05, 0) is 12.1 Å². The number of esters is 2. The van der Waals surface area contributed by atoms with E-state index in [1.54, 1.807) is 0 Å². The fourth-order valence-electron chi connectivity index (χ4n) is 2.93. The second kappa shape index (κ2) is 9.10. The fourth-order valence-corrected chi connectivity index (χ4v) is 3.78. The Balaban J connectivity index is 1.85. The van der Waals surface area contributed by atoms with E-state index in [0.29, 0.717) is 4.90 Å². The maximum absolute atomic E-state index is 12.4. The first-order chi connectivity index (χ1) is 13.8. The average molecular weight is 420 g/mol. The van der Waals surface area contributed by atoms with E-state index in [0.717, 1.165) is 4.90 Å². The lowest BCUT2D eigenvalue weighted by Gasteiger charge is -2.17. The number of carbonyl (C=O) groups is 2. The van der Waals surface area contributed by atoms with E-state index in [-0.39, 0.29) is 13.0 Å². The van der Waals surface area contributed by atoms with Gasteiger partial charge in [0.1, 0.15) is 25.0 Å². The number of nitrogens with one attached hydrogen (secondary N) is 1. The molecule has 0 saturated carbocycles. The predicted octanol–water partition coefficient (Wildman–Crippen LogP) is 1.47. The van der Waals surface area contributed by atoms with Crippen molar-refractivity contribution in [3.8, 4) is 0 Å². The Morgan fingerprint density at radius 3 is 2.59 bits per heavy atom. The Kier molecular flexibility index (Phi) is 6.55. The molecule has 0 bridgehead atoms. The first-order valence-corrected chi connectivity index (χ1v) is 9.69. The van der Waals surface area contributed by atoms with Crippen LogP contribution in [0.1, 0.15) is 26.5 Å². The summed E-state index contributed by atoms with van der Waals surface area (Å²) in [4.78, 5) is 50.5. The van der Waals surface area contributed by atoms with E-state index in [1.165, 1.54) is 36.4 Å². The van der Waals surface area contributed by atoms with Gasteiger partial charge in [0.25, 0.3) is 5.56 Å². The van der Waals surface area contributed by atoms with Crippen LogP contribution in [0.25, 0.3) is 0 Å². The molecule has 154 valence electrons. The highest BCUT2D eigenvalue weighted by Crippen LogP contribution is 2.31. The van der Waals surface area contributed by atoms with Crippen LogP contribution in [0.5, 0.6) is 0 Å². The molecule has 0 spiro atoms. The molecule has 0 unspecified atom stereocenters. The lowest BCUT2D eigenvalue weighted by atomic mass is 10.2. The summed E-state index contributed by atoms with van der Waals surface area (Å²) in [6.45, 7) is 2.40. The molecule has 1 saturated heterocycles. The van der Waals surface area contributed by atoms with Gasteiger partial charge in [-0.1, -0.05) is 30.0 Å². The van der Waals surface area contributed by atoms with Crippen LogP contribution < -0.4 is 11.2 Å². The molecule has 1 aliphatic rings. The van der Waals surface area contributed by atoms with Crippen molar-refractivity contribution in [1.29, 1.82) is 0 Å². The number of hydrogen-bond acceptors (Lipinski definition) is 8. The summed E-state index contributed by atoms with van der Waals surface area (Å²) in [6, 6.07) is 9.24. The molecule has 3 atom stereocenters. The minimum atomic E-state index is -0.792. The van der Waals surface area contributed by atoms with Crippen LogP contribution in [0, 0.1) is 0 Å². The van der Waals surface area contributed by atoms with Crippen molar-refractivity contribution in [2.45, 2.75) is 48.5 Å². The van der Waals surface area contributed by atoms with Gasteiger partial charge in [-0.25, -0.2) is 4.79 Å². The van der Waals surface area contributed by atoms with Gasteiger partial charge >= 0.3 is 17.6 Å². The number of nitrogens with zero attached hydrogens (tertiary/aromatic N) is 1. The van der Waals surface area contributed by atoms with Gasteiger partial charge in [0, 0.05) is 31.4 Å². The van der Waals surface area contributed by atoms with Gasteiger partial charge in [-0.15, -0.1) is 0 Å². The molecular weight excluding hydrogens is 400 g/mol. The van der Waals surface area contributed by atoms with E-state index >= 15 is 0 Å². The molecule has 29 heavy (non-hydrogen) atoms. The van der Waals surface area contributed by atoms with Crippen molar-refractivity contribution < 1.29 is 23.8 Å². The van der Waals surface area contributed by atoms with Crippen molar-refractivity contribution >= 4 is 23.7 Å². The lowest BCUT2D eigenvalue weighted by molar-refractivity contribution is -0.155. The smallest absolute Gasteiger partial charge is 0.330 e. The Hall–Kier alpha value is -2.85. The average Bonchev–Trinajstić information content (AvgIpc) is 3.04. The maximum Gasteiger partial charge on any atom is 0.330 e. The summed E-state index contributed by atoms with van der Waals surface area (Å²) in [7, 11) is 0. The number of carbonyl (C=O) groups excluding carboxylic acids is 2. The molecule has 0 radical (unpaired) electrons. The summed E-state index contributed by atoms with van der Waals surface area (Å²) in [5.74, 6) is -1.01. The standard InChI is InChI=1S/C19H20N2O7S/c1-11(22)26-10-15-14(27-12(2)23)8-17(28-15)21-9-16(18(24)20-19(21)25)29-13-6-4-3-5-7-13/h3-7,9,14-15,17H,8,10H2,1-2H3,(H,20,24,25)/t14-,15+,17+/m0/s1. The zero-order chi connectivity index (χ0) is 21.0. The molecule has 1 N–H and O–H groups in total. The highest BCUT2D eigenvalue weighted by molar-refractivity contribution is 7.99. The van der Waals surface area contributed by atoms with Crippen molar-refractivity contribution in [3.63, 3.8) is 0 Å². The normalized spacial score (nSPS) is 21.0. The van der Waals surface area contributed by atoms with E-state index in [4.69, 9.17) is 14.2 Å². The van der Waals surface area contributed by atoms with Crippen LogP contribution in [-0.2, 0) is 23.8 Å². The van der Waals surface area contributed by atoms with E-state index < -0.39 is 41.6 Å². The van der Waals surface area contributed by atoms with Crippen LogP contribution in [0.2, 0.25) is 0 Å². The van der Waals surface area contributed by atoms with Gasteiger partial charge in [0.15, 0.2) is 0 Å². The highest BCUT2D eigenvalue weighted by atomic mass is 32.2. The first-order valence-electron chi connectivity index (χ1n) is 8.88. The molecule has 1 aliphatic heterocycles. The number of H-pyrrole nitrogens is 1. The lowest BCUT2D eigenvalue weighted by Crippen LogP contribution is -2.33. The Morgan fingerprint density at radius 2 is 1.93 bits per heavy atom. The van der Waals surface area contributed by atoms with Crippen molar-refractivity contribution in [2.24, 2.45) is 0 Å². The second-order valence-corrected chi connectivity index (χ2v) is 7.51. The van der Waals surface area contributed by atoms with Crippen LogP contribution in [0.15, 0.2) is 55.9 Å². The maximum atomic E-state index is 12.4. The molecule has 9 nitrogen and oxygen atoms in total. The van der Waals surface area contributed by atoms with Gasteiger partial charge in [0.05, 0.1) is 4.90 Å². The number of rotatable bonds is 6. The van der Waals surface area contributed by atoms with E-state index in [2.05, 4.69) is 4.98 Å².